The fourth-order valence-corrected chi connectivity index (χ4v) is 3.63. The number of carbonyl (C=O) groups excluding carboxylic acids is 2. The lowest BCUT2D eigenvalue weighted by Gasteiger charge is -2.21. The van der Waals surface area contributed by atoms with E-state index in [0.29, 0.717) is 19.4 Å². The van der Waals surface area contributed by atoms with Gasteiger partial charge in [0, 0.05) is 6.61 Å². The maximum absolute atomic E-state index is 13.1. The molecule has 1 unspecified atom stereocenters. The third-order valence-electron chi connectivity index (χ3n) is 5.00. The van der Waals surface area contributed by atoms with Crippen LogP contribution in [0.25, 0.3) is 6.08 Å². The molecule has 4 rings (SSSR count). The molecule has 2 heterocycles. The molecular weight excluding hydrogens is 371 g/mol. The molecule has 2 saturated heterocycles. The number of alkyl halides is 3. The van der Waals surface area contributed by atoms with Crippen molar-refractivity contribution in [2.24, 2.45) is 0 Å². The van der Waals surface area contributed by atoms with Crippen LogP contribution in [0.5, 0.6) is 0 Å². The summed E-state index contributed by atoms with van der Waals surface area (Å²) in [6.45, 7) is 0.339. The average Bonchev–Trinajstić information content (AvgIpc) is 3.23. The zero-order valence-corrected chi connectivity index (χ0v) is 14.7. The summed E-state index contributed by atoms with van der Waals surface area (Å²) in [5.41, 5.74) is -1.18. The van der Waals surface area contributed by atoms with Gasteiger partial charge in [-0.1, -0.05) is 30.3 Å². The van der Waals surface area contributed by atoms with Gasteiger partial charge in [-0.05, 0) is 48.7 Å². The third kappa shape index (κ3) is 2.92. The Bertz CT molecular complexity index is 943. The lowest BCUT2D eigenvalue weighted by molar-refractivity contribution is -0.137. The van der Waals surface area contributed by atoms with E-state index in [0.717, 1.165) is 34.7 Å². The van der Waals surface area contributed by atoms with E-state index in [1.807, 2.05) is 18.2 Å². The molecule has 0 N–H and O–H groups in total. The Balaban J connectivity index is 1.77. The monoisotopic (exact) mass is 387 g/mol. The second-order valence-electron chi connectivity index (χ2n) is 6.74. The molecule has 0 aromatic heterocycles. The van der Waals surface area contributed by atoms with Crippen molar-refractivity contribution in [2.75, 3.05) is 11.5 Å². The van der Waals surface area contributed by atoms with Crippen molar-refractivity contribution in [1.29, 1.82) is 0 Å². The molecule has 28 heavy (non-hydrogen) atoms. The summed E-state index contributed by atoms with van der Waals surface area (Å²) in [6.07, 6.45) is -1.90. The van der Waals surface area contributed by atoms with Gasteiger partial charge < -0.3 is 4.74 Å². The first-order chi connectivity index (χ1) is 13.3. The van der Waals surface area contributed by atoms with E-state index in [4.69, 9.17) is 4.74 Å². The van der Waals surface area contributed by atoms with Crippen molar-refractivity contribution in [2.45, 2.75) is 24.6 Å². The lowest BCUT2D eigenvalue weighted by Crippen LogP contribution is -2.40. The molecule has 2 aliphatic rings. The number of halogens is 3. The highest BCUT2D eigenvalue weighted by molar-refractivity contribution is 6.34. The first-order valence-corrected chi connectivity index (χ1v) is 8.80. The summed E-state index contributed by atoms with van der Waals surface area (Å²) in [6, 6.07) is 13.0. The van der Waals surface area contributed by atoms with Crippen LogP contribution < -0.4 is 4.90 Å². The first-order valence-electron chi connectivity index (χ1n) is 8.80. The Morgan fingerprint density at radius 3 is 2.25 bits per heavy atom. The predicted molar refractivity (Wildman–Crippen MR) is 96.3 cm³/mol. The summed E-state index contributed by atoms with van der Waals surface area (Å²) in [5.74, 6) is -1.13. The Morgan fingerprint density at radius 2 is 1.68 bits per heavy atom. The van der Waals surface area contributed by atoms with E-state index in [1.54, 1.807) is 18.2 Å². The van der Waals surface area contributed by atoms with Crippen LogP contribution in [-0.4, -0.2) is 24.0 Å². The summed E-state index contributed by atoms with van der Waals surface area (Å²) in [7, 11) is 0. The molecule has 2 amide bonds. The highest BCUT2D eigenvalue weighted by atomic mass is 19.4. The number of carbonyl (C=O) groups is 2. The van der Waals surface area contributed by atoms with E-state index in [1.165, 1.54) is 0 Å². The van der Waals surface area contributed by atoms with Crippen molar-refractivity contribution in [3.05, 3.63) is 71.3 Å². The van der Waals surface area contributed by atoms with Crippen molar-refractivity contribution >= 4 is 23.6 Å². The second-order valence-corrected chi connectivity index (χ2v) is 6.74. The zero-order chi connectivity index (χ0) is 19.9. The van der Waals surface area contributed by atoms with Crippen LogP contribution in [-0.2, 0) is 20.5 Å². The van der Waals surface area contributed by atoms with Gasteiger partial charge in [0.25, 0.3) is 11.8 Å². The quantitative estimate of drug-likeness (QED) is 0.573. The van der Waals surface area contributed by atoms with E-state index < -0.39 is 29.2 Å². The summed E-state index contributed by atoms with van der Waals surface area (Å²) < 4.78 is 44.2. The van der Waals surface area contributed by atoms with Crippen LogP contribution in [0.4, 0.5) is 18.9 Å². The Hall–Kier alpha value is -2.93. The Kier molecular flexibility index (Phi) is 4.34. The van der Waals surface area contributed by atoms with Gasteiger partial charge in [-0.3, -0.25) is 9.59 Å². The van der Waals surface area contributed by atoms with Gasteiger partial charge >= 0.3 is 6.18 Å². The molecule has 2 aromatic carbocycles. The normalized spacial score (nSPS) is 24.0. The third-order valence-corrected chi connectivity index (χ3v) is 5.00. The van der Waals surface area contributed by atoms with Crippen molar-refractivity contribution in [1.82, 2.24) is 0 Å². The Labute approximate surface area is 159 Å². The standard InChI is InChI=1S/C21H16F3NO3/c22-21(23,24)15-7-9-16(10-8-15)25-18(26)17(13-14-5-2-1-3-6-14)20(19(25)27)11-4-12-28-20/h1-3,5-10,13H,4,11-12H2/b17-13+. The molecule has 2 aromatic rings. The number of rotatable bonds is 2. The number of ether oxygens (including phenoxy) is 1. The van der Waals surface area contributed by atoms with Crippen LogP contribution in [0.1, 0.15) is 24.0 Å². The number of hydrogen-bond donors (Lipinski definition) is 0. The minimum absolute atomic E-state index is 0.0920. The molecule has 0 saturated carbocycles. The van der Waals surface area contributed by atoms with Gasteiger partial charge in [0.2, 0.25) is 0 Å². The minimum atomic E-state index is -4.49. The molecule has 1 spiro atoms. The summed E-state index contributed by atoms with van der Waals surface area (Å²) in [4.78, 5) is 27.2. The maximum atomic E-state index is 13.1. The van der Waals surface area contributed by atoms with Crippen LogP contribution in [0.3, 0.4) is 0 Å². The second kappa shape index (κ2) is 6.60. The summed E-state index contributed by atoms with van der Waals surface area (Å²) >= 11 is 0. The molecule has 2 aliphatic heterocycles. The maximum Gasteiger partial charge on any atom is 0.416 e. The number of hydrogen-bond acceptors (Lipinski definition) is 3. The molecule has 7 heteroatoms. The highest BCUT2D eigenvalue weighted by Crippen LogP contribution is 2.44. The van der Waals surface area contributed by atoms with Crippen LogP contribution in [0, 0.1) is 0 Å². The number of imide groups is 1. The molecule has 0 radical (unpaired) electrons. The van der Waals surface area contributed by atoms with Gasteiger partial charge in [-0.25, -0.2) is 4.90 Å². The van der Waals surface area contributed by atoms with Gasteiger partial charge in [-0.15, -0.1) is 0 Å². The van der Waals surface area contributed by atoms with E-state index in [-0.39, 0.29) is 11.3 Å². The number of anilines is 1. The van der Waals surface area contributed by atoms with Gasteiger partial charge in [0.1, 0.15) is 0 Å². The number of amides is 2. The fourth-order valence-electron chi connectivity index (χ4n) is 3.63. The Morgan fingerprint density at radius 1 is 1.00 bits per heavy atom. The van der Waals surface area contributed by atoms with Crippen molar-refractivity contribution in [3.8, 4) is 0 Å². The van der Waals surface area contributed by atoms with Gasteiger partial charge in [0.05, 0.1) is 16.8 Å². The lowest BCUT2D eigenvalue weighted by atomic mass is 9.91. The van der Waals surface area contributed by atoms with E-state index >= 15 is 0 Å². The van der Waals surface area contributed by atoms with Gasteiger partial charge in [-0.2, -0.15) is 13.2 Å². The number of benzene rings is 2. The number of nitrogens with zero attached hydrogens (tertiary/aromatic N) is 1. The van der Waals surface area contributed by atoms with Crippen LogP contribution >= 0.6 is 0 Å². The zero-order valence-electron chi connectivity index (χ0n) is 14.7. The summed E-state index contributed by atoms with van der Waals surface area (Å²) in [5, 5.41) is 0. The highest BCUT2D eigenvalue weighted by Gasteiger charge is 2.58. The molecule has 0 bridgehead atoms. The van der Waals surface area contributed by atoms with Crippen molar-refractivity contribution in [3.63, 3.8) is 0 Å². The predicted octanol–water partition coefficient (Wildman–Crippen LogP) is 4.21. The molecular formula is C21H16F3NO3. The smallest absolute Gasteiger partial charge is 0.360 e. The van der Waals surface area contributed by atoms with E-state index in [9.17, 15) is 22.8 Å². The molecule has 4 nitrogen and oxygen atoms in total. The molecule has 1 atom stereocenters. The van der Waals surface area contributed by atoms with Crippen molar-refractivity contribution < 1.29 is 27.5 Å². The largest absolute Gasteiger partial charge is 0.416 e. The minimum Gasteiger partial charge on any atom is -0.360 e. The molecule has 2 fully saturated rings. The van der Waals surface area contributed by atoms with Crippen LogP contribution in [0.2, 0.25) is 0 Å². The van der Waals surface area contributed by atoms with E-state index in [2.05, 4.69) is 0 Å². The SMILES string of the molecule is O=C1/C(=C\c2ccccc2)C2(CCCO2)C(=O)N1c1ccc(C(F)(F)F)cc1. The average molecular weight is 387 g/mol. The van der Waals surface area contributed by atoms with Gasteiger partial charge in [0.15, 0.2) is 5.60 Å². The van der Waals surface area contributed by atoms with Crippen LogP contribution in [0.15, 0.2) is 60.2 Å². The molecule has 0 aliphatic carbocycles. The topological polar surface area (TPSA) is 46.6 Å². The first kappa shape index (κ1) is 18.4. The molecule has 144 valence electrons. The fraction of sp³-hybridized carbons (Fsp3) is 0.238.